The van der Waals surface area contributed by atoms with Gasteiger partial charge in [-0.1, -0.05) is 59.6 Å². The molecule has 7 heteroatoms. The van der Waals surface area contributed by atoms with Crippen molar-refractivity contribution in [3.05, 3.63) is 98.9 Å². The van der Waals surface area contributed by atoms with E-state index in [1.807, 2.05) is 48.5 Å². The highest BCUT2D eigenvalue weighted by Gasteiger charge is 2.37. The molecule has 2 amide bonds. The van der Waals surface area contributed by atoms with Crippen molar-refractivity contribution >= 4 is 57.9 Å². The first-order valence-electron chi connectivity index (χ1n) is 9.01. The van der Waals surface area contributed by atoms with E-state index in [1.54, 1.807) is 30.3 Å². The van der Waals surface area contributed by atoms with Gasteiger partial charge in [0.1, 0.15) is 12.4 Å². The summed E-state index contributed by atoms with van der Waals surface area (Å²) in [5.41, 5.74) is 2.19. The third-order valence-electron chi connectivity index (χ3n) is 4.38. The molecule has 1 aliphatic heterocycles. The summed E-state index contributed by atoms with van der Waals surface area (Å²) >= 11 is 12.9. The van der Waals surface area contributed by atoms with Gasteiger partial charge in [-0.15, -0.1) is 0 Å². The molecule has 30 heavy (non-hydrogen) atoms. The molecule has 150 valence electrons. The molecule has 3 aromatic rings. The normalized spacial score (nSPS) is 15.1. The molecule has 0 spiro atoms. The molecule has 1 fully saturated rings. The number of benzene rings is 3. The van der Waals surface area contributed by atoms with Crippen LogP contribution in [0.5, 0.6) is 5.75 Å². The van der Waals surface area contributed by atoms with E-state index in [4.69, 9.17) is 27.9 Å². The van der Waals surface area contributed by atoms with Crippen molar-refractivity contribution in [1.82, 2.24) is 0 Å². The fourth-order valence-electron chi connectivity index (χ4n) is 2.87. The number of anilines is 1. The third kappa shape index (κ3) is 4.54. The lowest BCUT2D eigenvalue weighted by molar-refractivity contribution is -0.113. The highest BCUT2D eigenvalue weighted by atomic mass is 35.5. The highest BCUT2D eigenvalue weighted by molar-refractivity contribution is 8.19. The molecule has 0 atom stereocenters. The van der Waals surface area contributed by atoms with Crippen LogP contribution in [-0.4, -0.2) is 11.1 Å². The first-order chi connectivity index (χ1) is 14.5. The van der Waals surface area contributed by atoms with Crippen molar-refractivity contribution < 1.29 is 14.3 Å². The van der Waals surface area contributed by atoms with Crippen LogP contribution in [0.25, 0.3) is 6.08 Å². The molecule has 0 aromatic heterocycles. The fraction of sp³-hybridized carbons (Fsp3) is 0.0435. The van der Waals surface area contributed by atoms with Crippen molar-refractivity contribution in [3.63, 3.8) is 0 Å². The molecule has 0 aliphatic carbocycles. The Morgan fingerprint density at radius 1 is 0.900 bits per heavy atom. The number of ether oxygens (including phenoxy) is 1. The number of thioether (sulfide) groups is 1. The van der Waals surface area contributed by atoms with Gasteiger partial charge < -0.3 is 4.74 Å². The average molecular weight is 456 g/mol. The fourth-order valence-corrected chi connectivity index (χ4v) is 4.05. The smallest absolute Gasteiger partial charge is 0.298 e. The number of halogens is 2. The Balaban J connectivity index is 1.46. The van der Waals surface area contributed by atoms with Gasteiger partial charge in [-0.05, 0) is 65.4 Å². The van der Waals surface area contributed by atoms with E-state index in [9.17, 15) is 9.59 Å². The third-order valence-corrected chi connectivity index (χ3v) is 5.82. The van der Waals surface area contributed by atoms with E-state index in [0.29, 0.717) is 33.0 Å². The predicted molar refractivity (Wildman–Crippen MR) is 122 cm³/mol. The van der Waals surface area contributed by atoms with E-state index >= 15 is 0 Å². The van der Waals surface area contributed by atoms with Gasteiger partial charge in [0.15, 0.2) is 0 Å². The molecule has 4 rings (SSSR count). The zero-order valence-corrected chi connectivity index (χ0v) is 17.9. The van der Waals surface area contributed by atoms with Gasteiger partial charge in [0.2, 0.25) is 0 Å². The summed E-state index contributed by atoms with van der Waals surface area (Å²) in [7, 11) is 0. The second-order valence-corrected chi connectivity index (χ2v) is 8.29. The van der Waals surface area contributed by atoms with Crippen molar-refractivity contribution in [1.29, 1.82) is 0 Å². The minimum Gasteiger partial charge on any atom is -0.489 e. The maximum Gasteiger partial charge on any atom is 0.298 e. The number of para-hydroxylation sites is 1. The SMILES string of the molecule is O=C1S/C(=C\c2ccc(OCc3ccc(Cl)cc3)cc2)C(=O)N1c1ccccc1Cl. The van der Waals surface area contributed by atoms with E-state index < -0.39 is 0 Å². The standard InChI is InChI=1S/C23H15Cl2NO3S/c24-17-9-5-16(6-10-17)14-29-18-11-7-15(8-12-18)13-21-22(27)26(23(28)30-21)20-4-2-1-3-19(20)25/h1-13H,14H2/b21-13-. The summed E-state index contributed by atoms with van der Waals surface area (Å²) in [5, 5.41) is 0.660. The molecule has 0 saturated carbocycles. The van der Waals surface area contributed by atoms with Crippen molar-refractivity contribution in [3.8, 4) is 5.75 Å². The van der Waals surface area contributed by atoms with Gasteiger partial charge in [-0.2, -0.15) is 0 Å². The monoisotopic (exact) mass is 455 g/mol. The average Bonchev–Trinajstić information content (AvgIpc) is 3.02. The second kappa shape index (κ2) is 8.96. The van der Waals surface area contributed by atoms with Gasteiger partial charge in [0.05, 0.1) is 15.6 Å². The molecular formula is C23H15Cl2NO3S. The molecule has 3 aromatic carbocycles. The number of carbonyl (C=O) groups is 2. The van der Waals surface area contributed by atoms with Crippen molar-refractivity contribution in [2.75, 3.05) is 4.90 Å². The first kappa shape index (κ1) is 20.5. The Kier molecular flexibility index (Phi) is 6.13. The Bertz CT molecular complexity index is 1130. The number of amides is 2. The van der Waals surface area contributed by atoms with E-state index in [0.717, 1.165) is 27.8 Å². The van der Waals surface area contributed by atoms with E-state index in [1.165, 1.54) is 0 Å². The summed E-state index contributed by atoms with van der Waals surface area (Å²) in [4.78, 5) is 26.6. The zero-order valence-electron chi connectivity index (χ0n) is 15.5. The molecule has 0 bridgehead atoms. The van der Waals surface area contributed by atoms with Crippen molar-refractivity contribution in [2.24, 2.45) is 0 Å². The van der Waals surface area contributed by atoms with Crippen molar-refractivity contribution in [2.45, 2.75) is 6.61 Å². The number of hydrogen-bond acceptors (Lipinski definition) is 4. The Hall–Kier alpha value is -2.73. The number of rotatable bonds is 5. The molecule has 0 radical (unpaired) electrons. The highest BCUT2D eigenvalue weighted by Crippen LogP contribution is 2.38. The topological polar surface area (TPSA) is 46.6 Å². The predicted octanol–water partition coefficient (Wildman–Crippen LogP) is 6.81. The molecule has 4 nitrogen and oxygen atoms in total. The number of nitrogens with zero attached hydrogens (tertiary/aromatic N) is 1. The molecule has 1 saturated heterocycles. The number of carbonyl (C=O) groups excluding carboxylic acids is 2. The lowest BCUT2D eigenvalue weighted by Gasteiger charge is -2.13. The van der Waals surface area contributed by atoms with Gasteiger partial charge >= 0.3 is 0 Å². The van der Waals surface area contributed by atoms with Gasteiger partial charge in [-0.3, -0.25) is 9.59 Å². The number of hydrogen-bond donors (Lipinski definition) is 0. The zero-order chi connectivity index (χ0) is 21.1. The Morgan fingerprint density at radius 2 is 1.60 bits per heavy atom. The molecule has 0 unspecified atom stereocenters. The van der Waals surface area contributed by atoms with Gasteiger partial charge in [-0.25, -0.2) is 4.90 Å². The molecular weight excluding hydrogens is 441 g/mol. The maximum atomic E-state index is 12.7. The van der Waals surface area contributed by atoms with Gasteiger partial charge in [0.25, 0.3) is 11.1 Å². The van der Waals surface area contributed by atoms with Crippen LogP contribution in [-0.2, 0) is 11.4 Å². The maximum absolute atomic E-state index is 12.7. The molecule has 1 aliphatic rings. The second-order valence-electron chi connectivity index (χ2n) is 6.45. The van der Waals surface area contributed by atoms with Crippen LogP contribution in [0.2, 0.25) is 10.0 Å². The lowest BCUT2D eigenvalue weighted by atomic mass is 10.2. The van der Waals surface area contributed by atoms with E-state index in [2.05, 4.69) is 0 Å². The van der Waals surface area contributed by atoms with Crippen LogP contribution < -0.4 is 9.64 Å². The summed E-state index contributed by atoms with van der Waals surface area (Å²) in [6.07, 6.45) is 1.69. The van der Waals surface area contributed by atoms with Crippen LogP contribution in [0, 0.1) is 0 Å². The van der Waals surface area contributed by atoms with Crippen LogP contribution in [0.4, 0.5) is 10.5 Å². The summed E-state index contributed by atoms with van der Waals surface area (Å²) in [6, 6.07) is 21.5. The summed E-state index contributed by atoms with van der Waals surface area (Å²) in [6.45, 7) is 0.424. The minimum atomic E-state index is -0.388. The minimum absolute atomic E-state index is 0.342. The van der Waals surface area contributed by atoms with E-state index in [-0.39, 0.29) is 11.1 Å². The van der Waals surface area contributed by atoms with Crippen LogP contribution in [0.1, 0.15) is 11.1 Å². The summed E-state index contributed by atoms with van der Waals surface area (Å²) in [5.74, 6) is 0.312. The lowest BCUT2D eigenvalue weighted by Crippen LogP contribution is -2.27. The first-order valence-corrected chi connectivity index (χ1v) is 10.6. The van der Waals surface area contributed by atoms with Crippen LogP contribution >= 0.6 is 35.0 Å². The molecule has 0 N–H and O–H groups in total. The number of imide groups is 1. The quantitative estimate of drug-likeness (QED) is 0.396. The van der Waals surface area contributed by atoms with Crippen LogP contribution in [0.15, 0.2) is 77.7 Å². The summed E-state index contributed by atoms with van der Waals surface area (Å²) < 4.78 is 5.77. The van der Waals surface area contributed by atoms with Gasteiger partial charge in [0, 0.05) is 5.02 Å². The Morgan fingerprint density at radius 3 is 2.30 bits per heavy atom. The molecule has 1 heterocycles. The largest absolute Gasteiger partial charge is 0.489 e. The Labute approximate surface area is 188 Å². The van der Waals surface area contributed by atoms with Crippen LogP contribution in [0.3, 0.4) is 0 Å².